The van der Waals surface area contributed by atoms with Gasteiger partial charge in [-0.15, -0.1) is 0 Å². The SMILES string of the molecule is COc1ccc(F)cc1C(=O)C1CCCCCN1. The smallest absolute Gasteiger partial charge is 0.183 e. The molecule has 0 saturated carbocycles. The number of hydrogen-bond acceptors (Lipinski definition) is 3. The minimum Gasteiger partial charge on any atom is -0.496 e. The Balaban J connectivity index is 2.23. The topological polar surface area (TPSA) is 38.3 Å². The van der Waals surface area contributed by atoms with Crippen LogP contribution in [0.15, 0.2) is 18.2 Å². The lowest BCUT2D eigenvalue weighted by Crippen LogP contribution is -2.36. The van der Waals surface area contributed by atoms with E-state index in [9.17, 15) is 9.18 Å². The van der Waals surface area contributed by atoms with Crippen LogP contribution < -0.4 is 10.1 Å². The maximum absolute atomic E-state index is 13.3. The zero-order valence-corrected chi connectivity index (χ0v) is 10.5. The Morgan fingerprint density at radius 3 is 3.00 bits per heavy atom. The van der Waals surface area contributed by atoms with Crippen molar-refractivity contribution in [2.45, 2.75) is 31.7 Å². The third-order valence-electron chi connectivity index (χ3n) is 3.30. The Bertz CT molecular complexity index is 426. The first-order valence-electron chi connectivity index (χ1n) is 6.33. The second-order valence-electron chi connectivity index (χ2n) is 4.56. The van der Waals surface area contributed by atoms with E-state index < -0.39 is 5.82 Å². The van der Waals surface area contributed by atoms with E-state index in [2.05, 4.69) is 5.32 Å². The van der Waals surface area contributed by atoms with Crippen LogP contribution in [-0.2, 0) is 0 Å². The van der Waals surface area contributed by atoms with E-state index in [0.29, 0.717) is 11.3 Å². The third kappa shape index (κ3) is 2.88. The van der Waals surface area contributed by atoms with Gasteiger partial charge in [0.2, 0.25) is 0 Å². The van der Waals surface area contributed by atoms with E-state index in [0.717, 1.165) is 32.2 Å². The molecule has 2 rings (SSSR count). The normalized spacial score (nSPS) is 20.2. The molecule has 0 amide bonds. The number of rotatable bonds is 3. The van der Waals surface area contributed by atoms with E-state index >= 15 is 0 Å². The summed E-state index contributed by atoms with van der Waals surface area (Å²) in [6.45, 7) is 0.841. The van der Waals surface area contributed by atoms with Crippen molar-refractivity contribution in [1.82, 2.24) is 5.32 Å². The number of ketones is 1. The van der Waals surface area contributed by atoms with Crippen LogP contribution in [-0.4, -0.2) is 25.5 Å². The van der Waals surface area contributed by atoms with Gasteiger partial charge in [-0.25, -0.2) is 4.39 Å². The van der Waals surface area contributed by atoms with Crippen molar-refractivity contribution in [2.24, 2.45) is 0 Å². The molecule has 98 valence electrons. The summed E-state index contributed by atoms with van der Waals surface area (Å²) in [6, 6.07) is 3.84. The Kier molecular flexibility index (Phi) is 4.31. The van der Waals surface area contributed by atoms with Gasteiger partial charge in [0.1, 0.15) is 11.6 Å². The summed E-state index contributed by atoms with van der Waals surface area (Å²) in [7, 11) is 1.49. The first kappa shape index (κ1) is 13.0. The molecule has 1 saturated heterocycles. The van der Waals surface area contributed by atoms with Crippen LogP contribution in [0.5, 0.6) is 5.75 Å². The van der Waals surface area contributed by atoms with Gasteiger partial charge in [0.25, 0.3) is 0 Å². The van der Waals surface area contributed by atoms with Crippen molar-refractivity contribution in [3.05, 3.63) is 29.6 Å². The summed E-state index contributed by atoms with van der Waals surface area (Å²) in [5.41, 5.74) is 0.330. The number of halogens is 1. The Hall–Kier alpha value is -1.42. The van der Waals surface area contributed by atoms with Crippen molar-refractivity contribution in [3.63, 3.8) is 0 Å². The summed E-state index contributed by atoms with van der Waals surface area (Å²) in [4.78, 5) is 12.4. The second-order valence-corrected chi connectivity index (χ2v) is 4.56. The molecule has 1 N–H and O–H groups in total. The zero-order valence-electron chi connectivity index (χ0n) is 10.5. The molecule has 0 bridgehead atoms. The first-order chi connectivity index (χ1) is 8.72. The molecule has 1 aromatic carbocycles. The third-order valence-corrected chi connectivity index (χ3v) is 3.30. The number of hydrogen-bond donors (Lipinski definition) is 1. The number of Topliss-reactive ketones (excluding diaryl/α,β-unsaturated/α-hetero) is 1. The Morgan fingerprint density at radius 2 is 2.22 bits per heavy atom. The number of benzene rings is 1. The molecule has 4 heteroatoms. The minimum atomic E-state index is -0.409. The minimum absolute atomic E-state index is 0.0757. The molecular weight excluding hydrogens is 233 g/mol. The summed E-state index contributed by atoms with van der Waals surface area (Å²) >= 11 is 0. The van der Waals surface area contributed by atoms with Crippen LogP contribution in [0.4, 0.5) is 4.39 Å². The van der Waals surface area contributed by atoms with Gasteiger partial charge in [0.15, 0.2) is 5.78 Å². The summed E-state index contributed by atoms with van der Waals surface area (Å²) < 4.78 is 18.4. The maximum Gasteiger partial charge on any atom is 0.183 e. The fourth-order valence-electron chi connectivity index (χ4n) is 2.31. The van der Waals surface area contributed by atoms with Crippen molar-refractivity contribution in [3.8, 4) is 5.75 Å². The Morgan fingerprint density at radius 1 is 1.39 bits per heavy atom. The lowest BCUT2D eigenvalue weighted by atomic mass is 9.99. The van der Waals surface area contributed by atoms with Gasteiger partial charge in [-0.05, 0) is 37.6 Å². The van der Waals surface area contributed by atoms with Gasteiger partial charge < -0.3 is 10.1 Å². The highest BCUT2D eigenvalue weighted by molar-refractivity contribution is 6.02. The highest BCUT2D eigenvalue weighted by Gasteiger charge is 2.23. The number of carbonyl (C=O) groups is 1. The zero-order chi connectivity index (χ0) is 13.0. The van der Waals surface area contributed by atoms with Gasteiger partial charge >= 0.3 is 0 Å². The molecule has 1 unspecified atom stereocenters. The molecule has 0 spiro atoms. The van der Waals surface area contributed by atoms with Gasteiger partial charge in [0.05, 0.1) is 18.7 Å². The molecule has 1 fully saturated rings. The quantitative estimate of drug-likeness (QED) is 0.839. The van der Waals surface area contributed by atoms with Crippen LogP contribution in [0.3, 0.4) is 0 Å². The lowest BCUT2D eigenvalue weighted by Gasteiger charge is -2.16. The Labute approximate surface area is 106 Å². The average molecular weight is 251 g/mol. The second kappa shape index (κ2) is 5.96. The van der Waals surface area contributed by atoms with Crippen LogP contribution >= 0.6 is 0 Å². The summed E-state index contributed by atoms with van der Waals surface area (Å²) in [6.07, 6.45) is 4.06. The molecule has 1 aromatic rings. The van der Waals surface area contributed by atoms with Crippen molar-refractivity contribution in [2.75, 3.05) is 13.7 Å². The van der Waals surface area contributed by atoms with Gasteiger partial charge in [0, 0.05) is 0 Å². The molecule has 0 aromatic heterocycles. The molecule has 0 aliphatic carbocycles. The molecule has 3 nitrogen and oxygen atoms in total. The molecule has 18 heavy (non-hydrogen) atoms. The number of ether oxygens (including phenoxy) is 1. The van der Waals surface area contributed by atoms with E-state index in [1.807, 2.05) is 0 Å². The maximum atomic E-state index is 13.3. The lowest BCUT2D eigenvalue weighted by molar-refractivity contribution is 0.0937. The number of methoxy groups -OCH3 is 1. The van der Waals surface area contributed by atoms with Gasteiger partial charge in [-0.2, -0.15) is 0 Å². The average Bonchev–Trinajstić information content (AvgIpc) is 2.66. The highest BCUT2D eigenvalue weighted by Crippen LogP contribution is 2.23. The fraction of sp³-hybridized carbons (Fsp3) is 0.500. The van der Waals surface area contributed by atoms with Gasteiger partial charge in [-0.3, -0.25) is 4.79 Å². The predicted octanol–water partition coefficient (Wildman–Crippen LogP) is 2.55. The molecule has 1 atom stereocenters. The standard InChI is InChI=1S/C14H18FNO2/c1-18-13-7-6-10(15)9-11(13)14(17)12-5-3-2-4-8-16-12/h6-7,9,12,16H,2-5,8H2,1H3. The van der Waals surface area contributed by atoms with E-state index in [-0.39, 0.29) is 11.8 Å². The molecule has 0 radical (unpaired) electrons. The molecule has 1 aliphatic heterocycles. The summed E-state index contributed by atoms with van der Waals surface area (Å²) in [5.74, 6) is -0.0477. The van der Waals surface area contributed by atoms with E-state index in [1.165, 1.54) is 25.3 Å². The highest BCUT2D eigenvalue weighted by atomic mass is 19.1. The van der Waals surface area contributed by atoms with Crippen molar-refractivity contribution in [1.29, 1.82) is 0 Å². The largest absolute Gasteiger partial charge is 0.496 e. The van der Waals surface area contributed by atoms with Crippen LogP contribution in [0.1, 0.15) is 36.0 Å². The predicted molar refractivity (Wildman–Crippen MR) is 67.5 cm³/mol. The van der Waals surface area contributed by atoms with Crippen molar-refractivity contribution < 1.29 is 13.9 Å². The fourth-order valence-corrected chi connectivity index (χ4v) is 2.31. The first-order valence-corrected chi connectivity index (χ1v) is 6.33. The van der Waals surface area contributed by atoms with E-state index in [1.54, 1.807) is 0 Å². The monoisotopic (exact) mass is 251 g/mol. The molecule has 1 aliphatic rings. The molecular formula is C14H18FNO2. The number of nitrogens with one attached hydrogen (secondary N) is 1. The van der Waals surface area contributed by atoms with E-state index in [4.69, 9.17) is 4.74 Å². The number of carbonyl (C=O) groups excluding carboxylic acids is 1. The van der Waals surface area contributed by atoms with Crippen molar-refractivity contribution >= 4 is 5.78 Å². The van der Waals surface area contributed by atoms with Crippen LogP contribution in [0.2, 0.25) is 0 Å². The molecule has 1 heterocycles. The van der Waals surface area contributed by atoms with Crippen LogP contribution in [0.25, 0.3) is 0 Å². The van der Waals surface area contributed by atoms with Gasteiger partial charge in [-0.1, -0.05) is 12.8 Å². The summed E-state index contributed by atoms with van der Waals surface area (Å²) in [5, 5.41) is 3.22. The van der Waals surface area contributed by atoms with Crippen LogP contribution in [0, 0.1) is 5.82 Å².